The van der Waals surface area contributed by atoms with Gasteiger partial charge < -0.3 is 9.64 Å². The fourth-order valence-corrected chi connectivity index (χ4v) is 2.92. The molecule has 1 aliphatic heterocycles. The van der Waals surface area contributed by atoms with Crippen molar-refractivity contribution in [2.24, 2.45) is 11.8 Å². The lowest BCUT2D eigenvalue weighted by Crippen LogP contribution is -2.43. The third-order valence-corrected chi connectivity index (χ3v) is 4.35. The monoisotopic (exact) mass is 327 g/mol. The number of anilines is 1. The number of carbonyl (C=O) groups excluding carboxylic acids is 1. The van der Waals surface area contributed by atoms with Crippen LogP contribution in [0.15, 0.2) is 36.4 Å². The largest absolute Gasteiger partial charge is 0.497 e. The number of nitrogens with zero attached hydrogens (tertiary/aromatic N) is 3. The summed E-state index contributed by atoms with van der Waals surface area (Å²) in [6, 6.07) is 11.6. The molecule has 0 atom stereocenters. The van der Waals surface area contributed by atoms with Crippen LogP contribution in [0.3, 0.4) is 0 Å². The zero-order valence-electron chi connectivity index (χ0n) is 13.6. The van der Waals surface area contributed by atoms with E-state index in [2.05, 4.69) is 20.5 Å². The maximum absolute atomic E-state index is 11.6. The Morgan fingerprint density at radius 1 is 1.25 bits per heavy atom. The molecular weight excluding hydrogens is 306 g/mol. The summed E-state index contributed by atoms with van der Waals surface area (Å²) < 4.78 is 5.24. The van der Waals surface area contributed by atoms with Crippen molar-refractivity contribution in [1.29, 1.82) is 0 Å². The molecule has 0 bridgehead atoms. The topological polar surface area (TPSA) is 93.4 Å². The van der Waals surface area contributed by atoms with Gasteiger partial charge in [-0.25, -0.2) is 5.84 Å². The highest BCUT2D eigenvalue weighted by molar-refractivity contribution is 5.78. The minimum Gasteiger partial charge on any atom is -0.497 e. The van der Waals surface area contributed by atoms with Crippen molar-refractivity contribution in [3.05, 3.63) is 36.4 Å². The highest BCUT2D eigenvalue weighted by Gasteiger charge is 2.25. The van der Waals surface area contributed by atoms with Crippen molar-refractivity contribution < 1.29 is 9.53 Å². The lowest BCUT2D eigenvalue weighted by Gasteiger charge is -2.31. The van der Waals surface area contributed by atoms with Gasteiger partial charge in [-0.3, -0.25) is 10.2 Å². The third-order valence-electron chi connectivity index (χ3n) is 4.35. The summed E-state index contributed by atoms with van der Waals surface area (Å²) in [5.41, 5.74) is 3.99. The molecule has 3 rings (SSSR count). The van der Waals surface area contributed by atoms with E-state index in [0.29, 0.717) is 0 Å². The van der Waals surface area contributed by atoms with Gasteiger partial charge in [0.15, 0.2) is 5.82 Å². The number of hydrazine groups is 1. The molecule has 24 heavy (non-hydrogen) atoms. The molecule has 1 aromatic heterocycles. The van der Waals surface area contributed by atoms with E-state index in [1.807, 2.05) is 36.4 Å². The molecule has 1 fully saturated rings. The predicted molar refractivity (Wildman–Crippen MR) is 91.3 cm³/mol. The van der Waals surface area contributed by atoms with Gasteiger partial charge in [-0.15, -0.1) is 10.2 Å². The van der Waals surface area contributed by atoms with E-state index in [-0.39, 0.29) is 11.8 Å². The number of rotatable bonds is 4. The summed E-state index contributed by atoms with van der Waals surface area (Å²) in [5, 5.41) is 8.66. The van der Waals surface area contributed by atoms with Crippen LogP contribution < -0.4 is 20.9 Å². The molecule has 0 radical (unpaired) electrons. The van der Waals surface area contributed by atoms with Crippen LogP contribution >= 0.6 is 0 Å². The molecule has 0 saturated carbocycles. The SMILES string of the molecule is COc1cccc(-c2ccc(N3CCC(C(=O)NN)CC3)nn2)c1. The molecule has 3 N–H and O–H groups in total. The number of aromatic nitrogens is 2. The number of piperidine rings is 1. The van der Waals surface area contributed by atoms with Crippen molar-refractivity contribution in [2.75, 3.05) is 25.1 Å². The van der Waals surface area contributed by atoms with Crippen molar-refractivity contribution in [3.63, 3.8) is 0 Å². The molecular formula is C17H21N5O2. The summed E-state index contributed by atoms with van der Waals surface area (Å²) in [7, 11) is 1.64. The van der Waals surface area contributed by atoms with Gasteiger partial charge in [0.2, 0.25) is 5.91 Å². The van der Waals surface area contributed by atoms with Crippen LogP contribution in [0.25, 0.3) is 11.3 Å². The minimum absolute atomic E-state index is 0.0183. The predicted octanol–water partition coefficient (Wildman–Crippen LogP) is 1.36. The Morgan fingerprint density at radius 2 is 2.04 bits per heavy atom. The molecule has 0 unspecified atom stereocenters. The van der Waals surface area contributed by atoms with Gasteiger partial charge in [0, 0.05) is 24.6 Å². The van der Waals surface area contributed by atoms with E-state index >= 15 is 0 Å². The Morgan fingerprint density at radius 3 is 2.67 bits per heavy atom. The first kappa shape index (κ1) is 16.2. The highest BCUT2D eigenvalue weighted by atomic mass is 16.5. The molecule has 7 nitrogen and oxygen atoms in total. The summed E-state index contributed by atoms with van der Waals surface area (Å²) in [4.78, 5) is 13.7. The summed E-state index contributed by atoms with van der Waals surface area (Å²) >= 11 is 0. The average molecular weight is 327 g/mol. The second-order valence-electron chi connectivity index (χ2n) is 5.78. The number of nitrogens with one attached hydrogen (secondary N) is 1. The van der Waals surface area contributed by atoms with Gasteiger partial charge in [0.25, 0.3) is 0 Å². The molecule has 1 amide bonds. The molecule has 0 aliphatic carbocycles. The second-order valence-corrected chi connectivity index (χ2v) is 5.78. The van der Waals surface area contributed by atoms with Crippen molar-refractivity contribution in [3.8, 4) is 17.0 Å². The van der Waals surface area contributed by atoms with Crippen LogP contribution in [-0.2, 0) is 4.79 Å². The number of ether oxygens (including phenoxy) is 1. The van der Waals surface area contributed by atoms with E-state index < -0.39 is 0 Å². The number of benzene rings is 1. The Hall–Kier alpha value is -2.67. The Labute approximate surface area is 140 Å². The van der Waals surface area contributed by atoms with Gasteiger partial charge in [0.05, 0.1) is 12.8 Å². The lowest BCUT2D eigenvalue weighted by atomic mass is 9.96. The molecule has 2 heterocycles. The molecule has 0 spiro atoms. The third kappa shape index (κ3) is 3.46. The van der Waals surface area contributed by atoms with Gasteiger partial charge in [-0.05, 0) is 37.1 Å². The minimum atomic E-state index is -0.0888. The fourth-order valence-electron chi connectivity index (χ4n) is 2.92. The van der Waals surface area contributed by atoms with Crippen LogP contribution in [0.1, 0.15) is 12.8 Å². The Bertz CT molecular complexity index is 696. The standard InChI is InChI=1S/C17H21N5O2/c1-24-14-4-2-3-13(11-14)15-5-6-16(21-20-15)22-9-7-12(8-10-22)17(23)19-18/h2-6,11-12H,7-10,18H2,1H3,(H,19,23). The molecule has 126 valence electrons. The van der Waals surface area contributed by atoms with Gasteiger partial charge >= 0.3 is 0 Å². The maximum atomic E-state index is 11.6. The molecule has 1 aliphatic rings. The van der Waals surface area contributed by atoms with E-state index in [1.54, 1.807) is 7.11 Å². The van der Waals surface area contributed by atoms with Gasteiger partial charge in [-0.1, -0.05) is 12.1 Å². The number of methoxy groups -OCH3 is 1. The second kappa shape index (κ2) is 7.27. The number of hydrogen-bond acceptors (Lipinski definition) is 6. The van der Waals surface area contributed by atoms with E-state index in [0.717, 1.165) is 48.8 Å². The fraction of sp³-hybridized carbons (Fsp3) is 0.353. The smallest absolute Gasteiger partial charge is 0.237 e. The molecule has 2 aromatic rings. The quantitative estimate of drug-likeness (QED) is 0.500. The zero-order chi connectivity index (χ0) is 16.9. The highest BCUT2D eigenvalue weighted by Crippen LogP contribution is 2.25. The number of amides is 1. The number of hydrogen-bond donors (Lipinski definition) is 2. The summed E-state index contributed by atoms with van der Waals surface area (Å²) in [6.45, 7) is 1.54. The van der Waals surface area contributed by atoms with Gasteiger partial charge in [0.1, 0.15) is 5.75 Å². The lowest BCUT2D eigenvalue weighted by molar-refractivity contribution is -0.125. The van der Waals surface area contributed by atoms with Crippen LogP contribution in [0.5, 0.6) is 5.75 Å². The van der Waals surface area contributed by atoms with E-state index in [1.165, 1.54) is 0 Å². The van der Waals surface area contributed by atoms with Crippen molar-refractivity contribution in [2.45, 2.75) is 12.8 Å². The van der Waals surface area contributed by atoms with Crippen molar-refractivity contribution in [1.82, 2.24) is 15.6 Å². The molecule has 7 heteroatoms. The van der Waals surface area contributed by atoms with Crippen molar-refractivity contribution >= 4 is 11.7 Å². The summed E-state index contributed by atoms with van der Waals surface area (Å²) in [5.74, 6) is 6.71. The van der Waals surface area contributed by atoms with Crippen LogP contribution in [0.2, 0.25) is 0 Å². The Balaban J connectivity index is 1.68. The normalized spacial score (nSPS) is 15.2. The van der Waals surface area contributed by atoms with Gasteiger partial charge in [-0.2, -0.15) is 0 Å². The maximum Gasteiger partial charge on any atom is 0.237 e. The van der Waals surface area contributed by atoms with Crippen LogP contribution in [-0.4, -0.2) is 36.3 Å². The number of carbonyl (C=O) groups is 1. The van der Waals surface area contributed by atoms with Crippen LogP contribution in [0, 0.1) is 5.92 Å². The summed E-state index contributed by atoms with van der Waals surface area (Å²) in [6.07, 6.45) is 1.53. The first-order chi connectivity index (χ1) is 11.7. The van der Waals surface area contributed by atoms with E-state index in [4.69, 9.17) is 10.6 Å². The molecule has 1 saturated heterocycles. The zero-order valence-corrected chi connectivity index (χ0v) is 13.6. The average Bonchev–Trinajstić information content (AvgIpc) is 2.67. The van der Waals surface area contributed by atoms with Crippen LogP contribution in [0.4, 0.5) is 5.82 Å². The van der Waals surface area contributed by atoms with E-state index in [9.17, 15) is 4.79 Å². The first-order valence-corrected chi connectivity index (χ1v) is 7.95. The first-order valence-electron chi connectivity index (χ1n) is 7.95. The molecule has 1 aromatic carbocycles. The number of nitrogens with two attached hydrogens (primary N) is 1. The Kier molecular flexibility index (Phi) is 4.90.